The van der Waals surface area contributed by atoms with E-state index in [0.717, 1.165) is 44.6 Å². The molecule has 1 spiro atoms. The SMILES string of the molecule is O=C(OCc1ccccc1)N1CCC2(CCCNC2)CC1. The van der Waals surface area contributed by atoms with E-state index in [1.807, 2.05) is 35.2 Å². The van der Waals surface area contributed by atoms with Crippen molar-refractivity contribution in [1.82, 2.24) is 10.2 Å². The quantitative estimate of drug-likeness (QED) is 0.910. The van der Waals surface area contributed by atoms with Crippen molar-refractivity contribution in [1.29, 1.82) is 0 Å². The number of carbonyl (C=O) groups is 1. The third kappa shape index (κ3) is 3.56. The Morgan fingerprint density at radius 2 is 1.95 bits per heavy atom. The molecule has 0 aliphatic carbocycles. The van der Waals surface area contributed by atoms with Gasteiger partial charge in [-0.25, -0.2) is 4.79 Å². The number of piperidine rings is 2. The van der Waals surface area contributed by atoms with Crippen LogP contribution in [-0.2, 0) is 11.3 Å². The van der Waals surface area contributed by atoms with Crippen LogP contribution in [-0.4, -0.2) is 37.2 Å². The number of carbonyl (C=O) groups excluding carboxylic acids is 1. The normalized spacial score (nSPS) is 21.2. The van der Waals surface area contributed by atoms with Gasteiger partial charge in [-0.1, -0.05) is 30.3 Å². The van der Waals surface area contributed by atoms with Gasteiger partial charge in [-0.15, -0.1) is 0 Å². The first-order chi connectivity index (χ1) is 10.3. The average molecular weight is 288 g/mol. The summed E-state index contributed by atoms with van der Waals surface area (Å²) in [4.78, 5) is 14.0. The first-order valence-electron chi connectivity index (χ1n) is 7.94. The van der Waals surface area contributed by atoms with Gasteiger partial charge in [0, 0.05) is 19.6 Å². The molecule has 2 heterocycles. The summed E-state index contributed by atoms with van der Waals surface area (Å²) in [7, 11) is 0. The molecule has 1 N–H and O–H groups in total. The number of rotatable bonds is 2. The van der Waals surface area contributed by atoms with Crippen LogP contribution in [0.25, 0.3) is 0 Å². The fraction of sp³-hybridized carbons (Fsp3) is 0.588. The molecule has 21 heavy (non-hydrogen) atoms. The molecule has 0 aromatic heterocycles. The van der Waals surface area contributed by atoms with Gasteiger partial charge in [0.2, 0.25) is 0 Å². The fourth-order valence-electron chi connectivity index (χ4n) is 3.43. The molecule has 114 valence electrons. The van der Waals surface area contributed by atoms with E-state index < -0.39 is 0 Å². The molecular weight excluding hydrogens is 264 g/mol. The zero-order valence-corrected chi connectivity index (χ0v) is 12.5. The summed E-state index contributed by atoms with van der Waals surface area (Å²) in [5.74, 6) is 0. The molecule has 0 radical (unpaired) electrons. The lowest BCUT2D eigenvalue weighted by atomic mass is 9.73. The summed E-state index contributed by atoms with van der Waals surface area (Å²) in [5, 5.41) is 3.50. The predicted octanol–water partition coefficient (Wildman–Crippen LogP) is 2.79. The lowest BCUT2D eigenvalue weighted by Gasteiger charge is -2.44. The molecule has 2 aliphatic rings. The van der Waals surface area contributed by atoms with Crippen molar-refractivity contribution in [3.05, 3.63) is 35.9 Å². The van der Waals surface area contributed by atoms with Crippen molar-refractivity contribution in [2.24, 2.45) is 5.41 Å². The topological polar surface area (TPSA) is 41.6 Å². The number of amides is 1. The highest BCUT2D eigenvalue weighted by atomic mass is 16.6. The second-order valence-electron chi connectivity index (χ2n) is 6.31. The molecule has 1 amide bonds. The Hall–Kier alpha value is -1.55. The maximum atomic E-state index is 12.1. The average Bonchev–Trinajstić information content (AvgIpc) is 2.55. The maximum Gasteiger partial charge on any atom is 0.410 e. The van der Waals surface area contributed by atoms with Crippen molar-refractivity contribution in [2.45, 2.75) is 32.3 Å². The molecule has 0 saturated carbocycles. The van der Waals surface area contributed by atoms with Gasteiger partial charge in [-0.05, 0) is 43.2 Å². The van der Waals surface area contributed by atoms with Gasteiger partial charge < -0.3 is 15.0 Å². The molecule has 2 aliphatic heterocycles. The van der Waals surface area contributed by atoms with E-state index in [4.69, 9.17) is 4.74 Å². The van der Waals surface area contributed by atoms with Crippen LogP contribution in [0.15, 0.2) is 30.3 Å². The third-order valence-corrected chi connectivity index (χ3v) is 4.85. The molecule has 4 nitrogen and oxygen atoms in total. The van der Waals surface area contributed by atoms with Crippen molar-refractivity contribution in [2.75, 3.05) is 26.2 Å². The van der Waals surface area contributed by atoms with Crippen LogP contribution in [0.5, 0.6) is 0 Å². The van der Waals surface area contributed by atoms with Crippen LogP contribution in [0.4, 0.5) is 4.79 Å². The third-order valence-electron chi connectivity index (χ3n) is 4.85. The number of nitrogens with one attached hydrogen (secondary N) is 1. The molecule has 2 fully saturated rings. The summed E-state index contributed by atoms with van der Waals surface area (Å²) in [5.41, 5.74) is 1.46. The molecule has 1 aromatic rings. The number of nitrogens with zero attached hydrogens (tertiary/aromatic N) is 1. The minimum Gasteiger partial charge on any atom is -0.445 e. The summed E-state index contributed by atoms with van der Waals surface area (Å²) in [6.45, 7) is 4.28. The van der Waals surface area contributed by atoms with Crippen molar-refractivity contribution < 1.29 is 9.53 Å². The Bertz CT molecular complexity index is 459. The standard InChI is InChI=1S/C17H24N2O2/c20-16(21-13-15-5-2-1-3-6-15)19-11-8-17(9-12-19)7-4-10-18-14-17/h1-3,5-6,18H,4,7-14H2. The molecule has 0 bridgehead atoms. The Morgan fingerprint density at radius 3 is 2.62 bits per heavy atom. The summed E-state index contributed by atoms with van der Waals surface area (Å²) in [6, 6.07) is 9.85. The zero-order chi connectivity index (χ0) is 14.5. The molecule has 4 heteroatoms. The smallest absolute Gasteiger partial charge is 0.410 e. The van der Waals surface area contributed by atoms with E-state index in [2.05, 4.69) is 5.32 Å². The van der Waals surface area contributed by atoms with Gasteiger partial charge in [0.1, 0.15) is 6.61 Å². The number of hydrogen-bond donors (Lipinski definition) is 1. The van der Waals surface area contributed by atoms with Crippen molar-refractivity contribution in [3.8, 4) is 0 Å². The van der Waals surface area contributed by atoms with E-state index in [9.17, 15) is 4.79 Å². The minimum atomic E-state index is -0.169. The van der Waals surface area contributed by atoms with Crippen molar-refractivity contribution >= 4 is 6.09 Å². The summed E-state index contributed by atoms with van der Waals surface area (Å²) < 4.78 is 5.41. The molecule has 0 unspecified atom stereocenters. The van der Waals surface area contributed by atoms with Crippen LogP contribution < -0.4 is 5.32 Å². The lowest BCUT2D eigenvalue weighted by molar-refractivity contribution is 0.0514. The van der Waals surface area contributed by atoms with Gasteiger partial charge in [0.25, 0.3) is 0 Å². The van der Waals surface area contributed by atoms with Gasteiger partial charge in [0.05, 0.1) is 0 Å². The summed E-state index contributed by atoms with van der Waals surface area (Å²) >= 11 is 0. The second kappa shape index (κ2) is 6.48. The van der Waals surface area contributed by atoms with E-state index in [1.165, 1.54) is 12.8 Å². The molecule has 1 aromatic carbocycles. The molecular formula is C17H24N2O2. The number of ether oxygens (including phenoxy) is 1. The van der Waals surface area contributed by atoms with Gasteiger partial charge in [-0.2, -0.15) is 0 Å². The first kappa shape index (κ1) is 14.4. The zero-order valence-electron chi connectivity index (χ0n) is 12.5. The Morgan fingerprint density at radius 1 is 1.19 bits per heavy atom. The van der Waals surface area contributed by atoms with Gasteiger partial charge in [-0.3, -0.25) is 0 Å². The van der Waals surface area contributed by atoms with Crippen LogP contribution >= 0.6 is 0 Å². The largest absolute Gasteiger partial charge is 0.445 e. The fourth-order valence-corrected chi connectivity index (χ4v) is 3.43. The summed E-state index contributed by atoms with van der Waals surface area (Å²) in [6.07, 6.45) is 4.59. The Kier molecular flexibility index (Phi) is 4.44. The van der Waals surface area contributed by atoms with E-state index in [-0.39, 0.29) is 6.09 Å². The Balaban J connectivity index is 1.46. The maximum absolute atomic E-state index is 12.1. The van der Waals surface area contributed by atoms with E-state index in [1.54, 1.807) is 0 Å². The molecule has 2 saturated heterocycles. The van der Waals surface area contributed by atoms with E-state index >= 15 is 0 Å². The van der Waals surface area contributed by atoms with Gasteiger partial charge >= 0.3 is 6.09 Å². The monoisotopic (exact) mass is 288 g/mol. The van der Waals surface area contributed by atoms with Gasteiger partial charge in [0.15, 0.2) is 0 Å². The van der Waals surface area contributed by atoms with E-state index in [0.29, 0.717) is 12.0 Å². The highest BCUT2D eigenvalue weighted by molar-refractivity contribution is 5.67. The van der Waals surface area contributed by atoms with Crippen LogP contribution in [0.2, 0.25) is 0 Å². The lowest BCUT2D eigenvalue weighted by Crippen LogP contribution is -2.49. The van der Waals surface area contributed by atoms with Crippen LogP contribution in [0.1, 0.15) is 31.2 Å². The first-order valence-corrected chi connectivity index (χ1v) is 7.94. The molecule has 0 atom stereocenters. The highest BCUT2D eigenvalue weighted by Crippen LogP contribution is 2.37. The number of likely N-dealkylation sites (tertiary alicyclic amines) is 1. The Labute approximate surface area is 126 Å². The second-order valence-corrected chi connectivity index (χ2v) is 6.31. The number of benzene rings is 1. The van der Waals surface area contributed by atoms with Crippen molar-refractivity contribution in [3.63, 3.8) is 0 Å². The predicted molar refractivity (Wildman–Crippen MR) is 82.0 cm³/mol. The van der Waals surface area contributed by atoms with Crippen LogP contribution in [0, 0.1) is 5.41 Å². The highest BCUT2D eigenvalue weighted by Gasteiger charge is 2.37. The molecule has 3 rings (SSSR count). The number of hydrogen-bond acceptors (Lipinski definition) is 3. The van der Waals surface area contributed by atoms with Crippen LogP contribution in [0.3, 0.4) is 0 Å². The minimum absolute atomic E-state index is 0.169.